The number of rotatable bonds is 4. The number of fused-ring (bicyclic) bond motifs is 2. The van der Waals surface area contributed by atoms with Crippen LogP contribution in [0.3, 0.4) is 0 Å². The summed E-state index contributed by atoms with van der Waals surface area (Å²) in [5.74, 6) is -0.00552. The van der Waals surface area contributed by atoms with Crippen molar-refractivity contribution >= 4 is 28.3 Å². The zero-order chi connectivity index (χ0) is 19.5. The molecule has 0 spiro atoms. The molecule has 1 aliphatic rings. The Kier molecular flexibility index (Phi) is 4.85. The largest absolute Gasteiger partial charge is 0.485 e. The van der Waals surface area contributed by atoms with Crippen molar-refractivity contribution in [2.45, 2.75) is 19.1 Å². The van der Waals surface area contributed by atoms with E-state index in [2.05, 4.69) is 5.32 Å². The van der Waals surface area contributed by atoms with Crippen LogP contribution < -0.4 is 14.8 Å². The van der Waals surface area contributed by atoms with Gasteiger partial charge in [-0.05, 0) is 42.0 Å². The van der Waals surface area contributed by atoms with Gasteiger partial charge in [-0.2, -0.15) is 0 Å². The SMILES string of the molecule is C[C@@H](OC(=O)[C@@H]1COc2ccccc2O1)C(=O)Nc1ccc2ccccc2c1. The summed E-state index contributed by atoms with van der Waals surface area (Å²) in [6.45, 7) is 1.56. The van der Waals surface area contributed by atoms with Crippen LogP contribution in [0.25, 0.3) is 10.8 Å². The third-order valence-electron chi connectivity index (χ3n) is 4.45. The summed E-state index contributed by atoms with van der Waals surface area (Å²) in [5, 5.41) is 4.86. The van der Waals surface area contributed by atoms with Crippen molar-refractivity contribution in [1.29, 1.82) is 0 Å². The first-order valence-electron chi connectivity index (χ1n) is 8.99. The minimum Gasteiger partial charge on any atom is -0.485 e. The molecule has 1 amide bonds. The molecule has 4 rings (SSSR count). The van der Waals surface area contributed by atoms with E-state index in [1.54, 1.807) is 18.2 Å². The molecule has 2 atom stereocenters. The maximum atomic E-state index is 12.4. The fourth-order valence-corrected chi connectivity index (χ4v) is 2.95. The fraction of sp³-hybridized carbons (Fsp3) is 0.182. The minimum absolute atomic E-state index is 0.0366. The Labute approximate surface area is 162 Å². The van der Waals surface area contributed by atoms with Crippen molar-refractivity contribution in [3.8, 4) is 11.5 Å². The van der Waals surface area contributed by atoms with Crippen molar-refractivity contribution in [2.24, 2.45) is 0 Å². The molecule has 28 heavy (non-hydrogen) atoms. The number of benzene rings is 3. The van der Waals surface area contributed by atoms with Gasteiger partial charge in [0.05, 0.1) is 0 Å². The summed E-state index contributed by atoms with van der Waals surface area (Å²) in [6, 6.07) is 20.5. The molecular formula is C22H19NO5. The van der Waals surface area contributed by atoms with Crippen molar-refractivity contribution in [1.82, 2.24) is 0 Å². The molecule has 0 bridgehead atoms. The van der Waals surface area contributed by atoms with Gasteiger partial charge in [-0.25, -0.2) is 4.79 Å². The number of ether oxygens (including phenoxy) is 3. The molecule has 0 radical (unpaired) electrons. The summed E-state index contributed by atoms with van der Waals surface area (Å²) in [5.41, 5.74) is 0.637. The molecule has 3 aromatic rings. The van der Waals surface area contributed by atoms with E-state index in [0.717, 1.165) is 10.8 Å². The predicted octanol–water partition coefficient (Wildman–Crippen LogP) is 3.55. The highest BCUT2D eigenvalue weighted by Crippen LogP contribution is 2.31. The van der Waals surface area contributed by atoms with E-state index in [9.17, 15) is 9.59 Å². The number of amides is 1. The number of anilines is 1. The third kappa shape index (κ3) is 3.76. The zero-order valence-corrected chi connectivity index (χ0v) is 15.3. The molecule has 0 fully saturated rings. The molecule has 0 saturated carbocycles. The molecule has 1 aliphatic heterocycles. The van der Waals surface area contributed by atoms with Crippen molar-refractivity contribution < 1.29 is 23.8 Å². The normalized spacial score (nSPS) is 16.2. The highest BCUT2D eigenvalue weighted by atomic mass is 16.6. The Morgan fingerprint density at radius 3 is 2.54 bits per heavy atom. The summed E-state index contributed by atoms with van der Waals surface area (Å²) in [7, 11) is 0. The van der Waals surface area contributed by atoms with Gasteiger partial charge in [-0.1, -0.05) is 42.5 Å². The van der Waals surface area contributed by atoms with Crippen molar-refractivity contribution in [3.63, 3.8) is 0 Å². The number of para-hydroxylation sites is 2. The number of carbonyl (C=O) groups is 2. The highest BCUT2D eigenvalue weighted by Gasteiger charge is 2.31. The molecule has 1 heterocycles. The third-order valence-corrected chi connectivity index (χ3v) is 4.45. The first-order valence-corrected chi connectivity index (χ1v) is 8.99. The van der Waals surface area contributed by atoms with Gasteiger partial charge in [-0.15, -0.1) is 0 Å². The maximum Gasteiger partial charge on any atom is 0.351 e. The average Bonchev–Trinajstić information content (AvgIpc) is 2.73. The quantitative estimate of drug-likeness (QED) is 0.704. The first kappa shape index (κ1) is 17.9. The predicted molar refractivity (Wildman–Crippen MR) is 104 cm³/mol. The Balaban J connectivity index is 1.36. The highest BCUT2D eigenvalue weighted by molar-refractivity contribution is 5.97. The molecule has 1 N–H and O–H groups in total. The Morgan fingerprint density at radius 1 is 1.00 bits per heavy atom. The second-order valence-corrected chi connectivity index (χ2v) is 6.49. The number of nitrogens with one attached hydrogen (secondary N) is 1. The zero-order valence-electron chi connectivity index (χ0n) is 15.3. The Morgan fingerprint density at radius 2 is 1.71 bits per heavy atom. The van der Waals surface area contributed by atoms with Gasteiger partial charge in [0.25, 0.3) is 5.91 Å². The fourth-order valence-electron chi connectivity index (χ4n) is 2.95. The molecule has 6 nitrogen and oxygen atoms in total. The molecule has 142 valence electrons. The molecule has 0 aromatic heterocycles. The van der Waals surface area contributed by atoms with E-state index in [1.807, 2.05) is 48.5 Å². The molecule has 0 aliphatic carbocycles. The second-order valence-electron chi connectivity index (χ2n) is 6.49. The van der Waals surface area contributed by atoms with Gasteiger partial charge in [0.1, 0.15) is 6.61 Å². The second kappa shape index (κ2) is 7.60. The van der Waals surface area contributed by atoms with E-state index in [-0.39, 0.29) is 6.61 Å². The van der Waals surface area contributed by atoms with Gasteiger partial charge in [-0.3, -0.25) is 4.79 Å². The standard InChI is InChI=1S/C22H19NO5/c1-14(21(24)23-17-11-10-15-6-2-3-7-16(15)12-17)27-22(25)20-13-26-18-8-4-5-9-19(18)28-20/h2-12,14,20H,13H2,1H3,(H,23,24)/t14-,20+/m1/s1. The van der Waals surface area contributed by atoms with Crippen LogP contribution in [0.1, 0.15) is 6.92 Å². The van der Waals surface area contributed by atoms with Gasteiger partial charge in [0, 0.05) is 5.69 Å². The van der Waals surface area contributed by atoms with E-state index in [1.165, 1.54) is 6.92 Å². The number of carbonyl (C=O) groups excluding carboxylic acids is 2. The Bertz CT molecular complexity index is 1030. The van der Waals surface area contributed by atoms with Crippen LogP contribution in [-0.2, 0) is 14.3 Å². The van der Waals surface area contributed by atoms with Gasteiger partial charge < -0.3 is 19.5 Å². The molecule has 0 saturated heterocycles. The summed E-state index contributed by atoms with van der Waals surface area (Å²) in [6.07, 6.45) is -1.88. The lowest BCUT2D eigenvalue weighted by molar-refractivity contribution is -0.162. The van der Waals surface area contributed by atoms with Crippen molar-refractivity contribution in [2.75, 3.05) is 11.9 Å². The van der Waals surface area contributed by atoms with E-state index < -0.39 is 24.1 Å². The van der Waals surface area contributed by atoms with Crippen molar-refractivity contribution in [3.05, 3.63) is 66.7 Å². The minimum atomic E-state index is -0.972. The number of esters is 1. The van der Waals surface area contributed by atoms with Crippen LogP contribution in [0.15, 0.2) is 66.7 Å². The van der Waals surface area contributed by atoms with Crippen LogP contribution in [-0.4, -0.2) is 30.7 Å². The van der Waals surface area contributed by atoms with Crippen LogP contribution >= 0.6 is 0 Å². The lowest BCUT2D eigenvalue weighted by Gasteiger charge is -2.25. The Hall–Kier alpha value is -3.54. The van der Waals surface area contributed by atoms with Crippen LogP contribution in [0.5, 0.6) is 11.5 Å². The number of hydrogen-bond acceptors (Lipinski definition) is 5. The van der Waals surface area contributed by atoms with Crippen LogP contribution in [0, 0.1) is 0 Å². The molecular weight excluding hydrogens is 358 g/mol. The number of hydrogen-bond donors (Lipinski definition) is 1. The van der Waals surface area contributed by atoms with Gasteiger partial charge in [0.15, 0.2) is 17.6 Å². The smallest absolute Gasteiger partial charge is 0.351 e. The summed E-state index contributed by atoms with van der Waals surface area (Å²) in [4.78, 5) is 24.7. The topological polar surface area (TPSA) is 73.9 Å². The van der Waals surface area contributed by atoms with E-state index >= 15 is 0 Å². The maximum absolute atomic E-state index is 12.4. The average molecular weight is 377 g/mol. The lowest BCUT2D eigenvalue weighted by Crippen LogP contribution is -2.41. The van der Waals surface area contributed by atoms with Crippen LogP contribution in [0.4, 0.5) is 5.69 Å². The van der Waals surface area contributed by atoms with E-state index in [4.69, 9.17) is 14.2 Å². The summed E-state index contributed by atoms with van der Waals surface area (Å²) >= 11 is 0. The molecule has 3 aromatic carbocycles. The van der Waals surface area contributed by atoms with Gasteiger partial charge >= 0.3 is 5.97 Å². The summed E-state index contributed by atoms with van der Waals surface area (Å²) < 4.78 is 16.4. The first-order chi connectivity index (χ1) is 13.6. The molecule has 6 heteroatoms. The molecule has 0 unspecified atom stereocenters. The van der Waals surface area contributed by atoms with Crippen LogP contribution in [0.2, 0.25) is 0 Å². The van der Waals surface area contributed by atoms with E-state index in [0.29, 0.717) is 17.2 Å². The van der Waals surface area contributed by atoms with Gasteiger partial charge in [0.2, 0.25) is 6.10 Å². The monoisotopic (exact) mass is 377 g/mol. The lowest BCUT2D eigenvalue weighted by atomic mass is 10.1.